The number of thiocarbonyl (C=S) groups is 1. The van der Waals surface area contributed by atoms with Crippen LogP contribution in [0.4, 0.5) is 0 Å². The van der Waals surface area contributed by atoms with Crippen molar-refractivity contribution in [2.45, 2.75) is 32.3 Å². The molecule has 3 nitrogen and oxygen atoms in total. The van der Waals surface area contributed by atoms with E-state index in [0.717, 1.165) is 31.2 Å². The number of ether oxygens (including phenoxy) is 1. The molecule has 1 unspecified atom stereocenters. The van der Waals surface area contributed by atoms with Crippen LogP contribution >= 0.6 is 12.2 Å². The summed E-state index contributed by atoms with van der Waals surface area (Å²) in [6.07, 6.45) is 3.99. The molecule has 1 rings (SSSR count). The van der Waals surface area contributed by atoms with Gasteiger partial charge in [0.05, 0.1) is 6.10 Å². The fourth-order valence-electron chi connectivity index (χ4n) is 1.40. The minimum atomic E-state index is 0.352. The molecule has 1 aliphatic rings. The standard InChI is InChI=1S/C9H18N2OS/c1-2-10-9(13)11-7-8-5-3-4-6-12-8/h8H,2-7H2,1H3,(H2,10,11,13). The smallest absolute Gasteiger partial charge is 0.166 e. The average molecular weight is 202 g/mol. The molecule has 2 N–H and O–H groups in total. The van der Waals surface area contributed by atoms with Gasteiger partial charge in [-0.1, -0.05) is 0 Å². The van der Waals surface area contributed by atoms with Gasteiger partial charge in [0.1, 0.15) is 0 Å². The molecule has 1 heterocycles. The first-order valence-electron chi connectivity index (χ1n) is 4.96. The molecule has 1 saturated heterocycles. The van der Waals surface area contributed by atoms with Crippen LogP contribution in [-0.2, 0) is 4.74 Å². The molecule has 0 aromatic rings. The summed E-state index contributed by atoms with van der Waals surface area (Å²) < 4.78 is 5.56. The van der Waals surface area contributed by atoms with Crippen molar-refractivity contribution >= 4 is 17.3 Å². The van der Waals surface area contributed by atoms with Crippen LogP contribution in [0.2, 0.25) is 0 Å². The van der Waals surface area contributed by atoms with Gasteiger partial charge >= 0.3 is 0 Å². The van der Waals surface area contributed by atoms with Crippen molar-refractivity contribution < 1.29 is 4.74 Å². The van der Waals surface area contributed by atoms with E-state index in [1.165, 1.54) is 12.8 Å². The summed E-state index contributed by atoms with van der Waals surface area (Å²) in [5.41, 5.74) is 0. The number of rotatable bonds is 3. The molecular formula is C9H18N2OS. The highest BCUT2D eigenvalue weighted by Crippen LogP contribution is 2.11. The zero-order chi connectivity index (χ0) is 9.52. The largest absolute Gasteiger partial charge is 0.376 e. The highest BCUT2D eigenvalue weighted by molar-refractivity contribution is 7.80. The molecule has 0 aromatic heterocycles. The summed E-state index contributed by atoms with van der Waals surface area (Å²) in [4.78, 5) is 0. The molecule has 13 heavy (non-hydrogen) atoms. The summed E-state index contributed by atoms with van der Waals surface area (Å²) in [7, 11) is 0. The highest BCUT2D eigenvalue weighted by Gasteiger charge is 2.13. The summed E-state index contributed by atoms with van der Waals surface area (Å²) in [6.45, 7) is 4.65. The first kappa shape index (κ1) is 10.7. The first-order chi connectivity index (χ1) is 6.33. The van der Waals surface area contributed by atoms with Crippen LogP contribution in [0.1, 0.15) is 26.2 Å². The second-order valence-corrected chi connectivity index (χ2v) is 3.64. The molecule has 0 bridgehead atoms. The Balaban J connectivity index is 2.06. The molecule has 0 aromatic carbocycles. The van der Waals surface area contributed by atoms with E-state index in [1.54, 1.807) is 0 Å². The van der Waals surface area contributed by atoms with Crippen molar-refractivity contribution in [1.29, 1.82) is 0 Å². The van der Waals surface area contributed by atoms with E-state index in [0.29, 0.717) is 6.10 Å². The highest BCUT2D eigenvalue weighted by atomic mass is 32.1. The van der Waals surface area contributed by atoms with Gasteiger partial charge in [-0.2, -0.15) is 0 Å². The predicted octanol–water partition coefficient (Wildman–Crippen LogP) is 1.04. The molecule has 1 aliphatic heterocycles. The van der Waals surface area contributed by atoms with Gasteiger partial charge in [0, 0.05) is 19.7 Å². The van der Waals surface area contributed by atoms with Crippen molar-refractivity contribution in [3.8, 4) is 0 Å². The Morgan fingerprint density at radius 3 is 2.92 bits per heavy atom. The predicted molar refractivity (Wildman–Crippen MR) is 57.9 cm³/mol. The average Bonchev–Trinajstić information content (AvgIpc) is 2.17. The van der Waals surface area contributed by atoms with Crippen LogP contribution in [0.3, 0.4) is 0 Å². The maximum Gasteiger partial charge on any atom is 0.166 e. The monoisotopic (exact) mass is 202 g/mol. The summed E-state index contributed by atoms with van der Waals surface area (Å²) in [5, 5.41) is 6.93. The number of nitrogens with one attached hydrogen (secondary N) is 2. The van der Waals surface area contributed by atoms with E-state index in [4.69, 9.17) is 17.0 Å². The summed E-state index contributed by atoms with van der Waals surface area (Å²) in [6, 6.07) is 0. The fraction of sp³-hybridized carbons (Fsp3) is 0.889. The Morgan fingerprint density at radius 2 is 2.31 bits per heavy atom. The minimum absolute atomic E-state index is 0.352. The van der Waals surface area contributed by atoms with Crippen LogP contribution < -0.4 is 10.6 Å². The van der Waals surface area contributed by atoms with Gasteiger partial charge in [0.15, 0.2) is 5.11 Å². The lowest BCUT2D eigenvalue weighted by atomic mass is 10.1. The van der Waals surface area contributed by atoms with Gasteiger partial charge in [-0.25, -0.2) is 0 Å². The molecule has 0 saturated carbocycles. The SMILES string of the molecule is CCNC(=S)NCC1CCCCO1. The topological polar surface area (TPSA) is 33.3 Å². The van der Waals surface area contributed by atoms with Crippen LogP contribution in [0.15, 0.2) is 0 Å². The molecule has 1 atom stereocenters. The maximum atomic E-state index is 5.56. The van der Waals surface area contributed by atoms with Crippen LogP contribution in [0, 0.1) is 0 Å². The van der Waals surface area contributed by atoms with Gasteiger partial charge < -0.3 is 15.4 Å². The molecule has 4 heteroatoms. The molecule has 0 radical (unpaired) electrons. The molecule has 76 valence electrons. The van der Waals surface area contributed by atoms with Gasteiger partial charge in [0.2, 0.25) is 0 Å². The van der Waals surface area contributed by atoms with E-state index in [9.17, 15) is 0 Å². The molecule has 0 aliphatic carbocycles. The lowest BCUT2D eigenvalue weighted by Gasteiger charge is -2.23. The van der Waals surface area contributed by atoms with Gasteiger partial charge in [-0.3, -0.25) is 0 Å². The third kappa shape index (κ3) is 4.43. The van der Waals surface area contributed by atoms with Crippen molar-refractivity contribution in [3.63, 3.8) is 0 Å². The zero-order valence-electron chi connectivity index (χ0n) is 8.14. The summed E-state index contributed by atoms with van der Waals surface area (Å²) in [5.74, 6) is 0. The van der Waals surface area contributed by atoms with Crippen LogP contribution in [0.5, 0.6) is 0 Å². The van der Waals surface area contributed by atoms with Crippen LogP contribution in [0.25, 0.3) is 0 Å². The first-order valence-corrected chi connectivity index (χ1v) is 5.37. The summed E-state index contributed by atoms with van der Waals surface area (Å²) >= 11 is 5.04. The lowest BCUT2D eigenvalue weighted by Crippen LogP contribution is -2.40. The number of hydrogen-bond donors (Lipinski definition) is 2. The van der Waals surface area contributed by atoms with Crippen molar-refractivity contribution in [2.24, 2.45) is 0 Å². The quantitative estimate of drug-likeness (QED) is 0.670. The third-order valence-electron chi connectivity index (χ3n) is 2.10. The fourth-order valence-corrected chi connectivity index (χ4v) is 1.63. The van der Waals surface area contributed by atoms with E-state index in [1.807, 2.05) is 6.92 Å². The van der Waals surface area contributed by atoms with Gasteiger partial charge in [0.25, 0.3) is 0 Å². The Hall–Kier alpha value is -0.350. The molecular weight excluding hydrogens is 184 g/mol. The Morgan fingerprint density at radius 1 is 1.46 bits per heavy atom. The van der Waals surface area contributed by atoms with Crippen molar-refractivity contribution in [3.05, 3.63) is 0 Å². The van der Waals surface area contributed by atoms with E-state index >= 15 is 0 Å². The zero-order valence-corrected chi connectivity index (χ0v) is 8.95. The normalized spacial score (nSPS) is 22.4. The Bertz CT molecular complexity index is 158. The second kappa shape index (κ2) is 6.16. The second-order valence-electron chi connectivity index (χ2n) is 3.23. The number of hydrogen-bond acceptors (Lipinski definition) is 2. The molecule has 0 amide bonds. The van der Waals surface area contributed by atoms with Gasteiger partial charge in [-0.15, -0.1) is 0 Å². The third-order valence-corrected chi connectivity index (χ3v) is 2.39. The molecule has 1 fully saturated rings. The van der Waals surface area contributed by atoms with Crippen molar-refractivity contribution in [2.75, 3.05) is 19.7 Å². The van der Waals surface area contributed by atoms with E-state index < -0.39 is 0 Å². The van der Waals surface area contributed by atoms with E-state index in [-0.39, 0.29) is 0 Å². The van der Waals surface area contributed by atoms with Gasteiger partial charge in [-0.05, 0) is 38.4 Å². The van der Waals surface area contributed by atoms with Crippen molar-refractivity contribution in [1.82, 2.24) is 10.6 Å². The maximum absolute atomic E-state index is 5.56. The van der Waals surface area contributed by atoms with E-state index in [2.05, 4.69) is 10.6 Å². The molecule has 0 spiro atoms. The minimum Gasteiger partial charge on any atom is -0.376 e. The lowest BCUT2D eigenvalue weighted by molar-refractivity contribution is 0.0195. The van der Waals surface area contributed by atoms with Crippen LogP contribution in [-0.4, -0.2) is 30.9 Å². The Labute approximate surface area is 85.2 Å². The Kier molecular flexibility index (Phi) is 5.08.